The number of fused-ring (bicyclic) bond motifs is 2. The second-order valence-electron chi connectivity index (χ2n) is 5.47. The van der Waals surface area contributed by atoms with Crippen LogP contribution in [0.4, 0.5) is 0 Å². The van der Waals surface area contributed by atoms with E-state index in [1.54, 1.807) is 12.1 Å². The number of nitrogens with zero attached hydrogens (tertiary/aromatic N) is 1. The third-order valence-corrected chi connectivity index (χ3v) is 3.89. The normalized spacial score (nSPS) is 14.7. The van der Waals surface area contributed by atoms with Crippen LogP contribution in [0.25, 0.3) is 22.7 Å². The van der Waals surface area contributed by atoms with Crippen LogP contribution in [0.2, 0.25) is 0 Å². The Morgan fingerprint density at radius 2 is 1.92 bits per heavy atom. The Bertz CT molecular complexity index is 976. The van der Waals surface area contributed by atoms with Crippen molar-refractivity contribution in [2.45, 2.75) is 6.92 Å². The molecule has 0 saturated heterocycles. The van der Waals surface area contributed by atoms with E-state index in [1.165, 1.54) is 0 Å². The van der Waals surface area contributed by atoms with Crippen molar-refractivity contribution in [1.82, 2.24) is 4.98 Å². The van der Waals surface area contributed by atoms with Crippen LogP contribution in [0.1, 0.15) is 28.5 Å². The maximum atomic E-state index is 11.9. The molecule has 1 aliphatic heterocycles. The summed E-state index contributed by atoms with van der Waals surface area (Å²) in [6.07, 6.45) is 1.79. The Hall–Kier alpha value is -3.14. The highest BCUT2D eigenvalue weighted by atomic mass is 16.5. The number of esters is 1. The third kappa shape index (κ3) is 2.52. The lowest BCUT2D eigenvalue weighted by atomic mass is 10.1. The van der Waals surface area contributed by atoms with Crippen LogP contribution in [0.15, 0.2) is 54.6 Å². The number of benzene rings is 2. The summed E-state index contributed by atoms with van der Waals surface area (Å²) in [4.78, 5) is 16.5. The van der Waals surface area contributed by atoms with Crippen molar-refractivity contribution in [3.8, 4) is 5.75 Å². The van der Waals surface area contributed by atoms with Gasteiger partial charge in [-0.3, -0.25) is 0 Å². The third-order valence-electron chi connectivity index (χ3n) is 3.89. The van der Waals surface area contributed by atoms with Crippen LogP contribution < -0.4 is 4.74 Å². The van der Waals surface area contributed by atoms with Crippen molar-refractivity contribution in [2.24, 2.45) is 0 Å². The van der Waals surface area contributed by atoms with Gasteiger partial charge in [0, 0.05) is 17.0 Å². The van der Waals surface area contributed by atoms with Gasteiger partial charge in [0.05, 0.1) is 23.4 Å². The minimum absolute atomic E-state index is 0.320. The van der Waals surface area contributed by atoms with Crippen molar-refractivity contribution in [2.75, 3.05) is 6.61 Å². The maximum Gasteiger partial charge on any atom is 0.344 e. The fraction of sp³-hybridized carbons (Fsp3) is 0.100. The van der Waals surface area contributed by atoms with E-state index >= 15 is 0 Å². The summed E-state index contributed by atoms with van der Waals surface area (Å²) in [5, 5.41) is 1.01. The molecule has 1 aliphatic rings. The molecule has 0 fully saturated rings. The van der Waals surface area contributed by atoms with E-state index in [2.05, 4.69) is 4.98 Å². The van der Waals surface area contributed by atoms with E-state index in [0.717, 1.165) is 27.9 Å². The molecule has 4 nitrogen and oxygen atoms in total. The van der Waals surface area contributed by atoms with E-state index in [1.807, 2.05) is 55.5 Å². The number of rotatable bonds is 3. The van der Waals surface area contributed by atoms with Gasteiger partial charge in [0.1, 0.15) is 11.5 Å². The summed E-state index contributed by atoms with van der Waals surface area (Å²) in [5.41, 5.74) is 3.00. The van der Waals surface area contributed by atoms with Gasteiger partial charge >= 0.3 is 5.97 Å². The standard InChI is InChI=1S/C20H15NO3/c1-2-23-15-9-10-18-13(11-15)7-8-14(21-18)12-19-16-5-3-4-6-17(16)20(22)24-19/h3-12H,2H2,1H3. The smallest absolute Gasteiger partial charge is 0.344 e. The van der Waals surface area contributed by atoms with Crippen LogP contribution in [-0.2, 0) is 4.74 Å². The van der Waals surface area contributed by atoms with Gasteiger partial charge in [-0.2, -0.15) is 0 Å². The van der Waals surface area contributed by atoms with Crippen molar-refractivity contribution in [3.05, 3.63) is 71.4 Å². The molecular formula is C20H15NO3. The van der Waals surface area contributed by atoms with Gasteiger partial charge in [0.2, 0.25) is 0 Å². The summed E-state index contributed by atoms with van der Waals surface area (Å²) in [6, 6.07) is 17.0. The largest absolute Gasteiger partial charge is 0.494 e. The predicted octanol–water partition coefficient (Wildman–Crippen LogP) is 4.30. The molecule has 0 aliphatic carbocycles. The number of pyridine rings is 1. The molecule has 0 saturated carbocycles. The van der Waals surface area contributed by atoms with Gasteiger partial charge < -0.3 is 9.47 Å². The summed E-state index contributed by atoms with van der Waals surface area (Å²) in [7, 11) is 0. The fourth-order valence-corrected chi connectivity index (χ4v) is 2.78. The van der Waals surface area contributed by atoms with Crippen LogP contribution in [0.5, 0.6) is 5.75 Å². The molecule has 0 radical (unpaired) electrons. The lowest BCUT2D eigenvalue weighted by Gasteiger charge is -2.05. The molecule has 3 aromatic rings. The molecule has 0 unspecified atom stereocenters. The van der Waals surface area contributed by atoms with E-state index in [9.17, 15) is 4.79 Å². The fourth-order valence-electron chi connectivity index (χ4n) is 2.78. The Balaban J connectivity index is 1.73. The number of hydrogen-bond acceptors (Lipinski definition) is 4. The molecule has 4 rings (SSSR count). The quantitative estimate of drug-likeness (QED) is 0.676. The van der Waals surface area contributed by atoms with Gasteiger partial charge in [-0.15, -0.1) is 0 Å². The number of aromatic nitrogens is 1. The molecule has 0 atom stereocenters. The molecular weight excluding hydrogens is 302 g/mol. The second-order valence-corrected chi connectivity index (χ2v) is 5.47. The average Bonchev–Trinajstić information content (AvgIpc) is 2.92. The summed E-state index contributed by atoms with van der Waals surface area (Å²) >= 11 is 0. The predicted molar refractivity (Wildman–Crippen MR) is 92.6 cm³/mol. The Morgan fingerprint density at radius 3 is 2.75 bits per heavy atom. The van der Waals surface area contributed by atoms with Gasteiger partial charge in [0.25, 0.3) is 0 Å². The molecule has 24 heavy (non-hydrogen) atoms. The minimum Gasteiger partial charge on any atom is -0.494 e. The van der Waals surface area contributed by atoms with E-state index in [0.29, 0.717) is 17.9 Å². The van der Waals surface area contributed by atoms with E-state index < -0.39 is 0 Å². The van der Waals surface area contributed by atoms with Crippen LogP contribution >= 0.6 is 0 Å². The molecule has 1 aromatic heterocycles. The SMILES string of the molecule is CCOc1ccc2nc(C=C3OC(=O)c4ccccc43)ccc2c1. The lowest BCUT2D eigenvalue weighted by Crippen LogP contribution is -1.92. The first kappa shape index (κ1) is 14.5. The first-order valence-electron chi connectivity index (χ1n) is 7.81. The van der Waals surface area contributed by atoms with Gasteiger partial charge in [-0.25, -0.2) is 9.78 Å². The van der Waals surface area contributed by atoms with Crippen molar-refractivity contribution in [3.63, 3.8) is 0 Å². The lowest BCUT2D eigenvalue weighted by molar-refractivity contribution is 0.0717. The first-order valence-corrected chi connectivity index (χ1v) is 7.81. The van der Waals surface area contributed by atoms with Gasteiger partial charge in [-0.05, 0) is 37.3 Å². The zero-order valence-electron chi connectivity index (χ0n) is 13.2. The number of cyclic esters (lactones) is 1. The molecule has 2 aromatic carbocycles. The zero-order chi connectivity index (χ0) is 16.5. The first-order chi connectivity index (χ1) is 11.7. The van der Waals surface area contributed by atoms with Crippen molar-refractivity contribution in [1.29, 1.82) is 0 Å². The molecule has 118 valence electrons. The minimum atomic E-state index is -0.320. The molecule has 0 bridgehead atoms. The number of carbonyl (C=O) groups is 1. The number of ether oxygens (including phenoxy) is 2. The topological polar surface area (TPSA) is 48.4 Å². The second kappa shape index (κ2) is 5.81. The zero-order valence-corrected chi connectivity index (χ0v) is 13.2. The molecule has 0 N–H and O–H groups in total. The van der Waals surface area contributed by atoms with Gasteiger partial charge in [-0.1, -0.05) is 24.3 Å². The molecule has 0 spiro atoms. The Kier molecular flexibility index (Phi) is 3.50. The highest BCUT2D eigenvalue weighted by Gasteiger charge is 2.25. The number of hydrogen-bond donors (Lipinski definition) is 0. The van der Waals surface area contributed by atoms with Crippen molar-refractivity contribution < 1.29 is 14.3 Å². The Labute approximate surface area is 139 Å². The van der Waals surface area contributed by atoms with Crippen LogP contribution in [-0.4, -0.2) is 17.6 Å². The highest BCUT2D eigenvalue weighted by Crippen LogP contribution is 2.31. The Morgan fingerprint density at radius 1 is 1.08 bits per heavy atom. The summed E-state index contributed by atoms with van der Waals surface area (Å²) in [6.45, 7) is 2.59. The van der Waals surface area contributed by atoms with Crippen molar-refractivity contribution >= 4 is 28.7 Å². The maximum absolute atomic E-state index is 11.9. The average molecular weight is 317 g/mol. The highest BCUT2D eigenvalue weighted by molar-refractivity contribution is 6.05. The van der Waals surface area contributed by atoms with E-state index in [-0.39, 0.29) is 5.97 Å². The van der Waals surface area contributed by atoms with Crippen LogP contribution in [0.3, 0.4) is 0 Å². The molecule has 0 amide bonds. The van der Waals surface area contributed by atoms with Crippen LogP contribution in [0, 0.1) is 0 Å². The molecule has 2 heterocycles. The monoisotopic (exact) mass is 317 g/mol. The molecule has 4 heteroatoms. The van der Waals surface area contributed by atoms with Gasteiger partial charge in [0.15, 0.2) is 0 Å². The number of carbonyl (C=O) groups excluding carboxylic acids is 1. The summed E-state index contributed by atoms with van der Waals surface area (Å²) < 4.78 is 10.9. The summed E-state index contributed by atoms with van der Waals surface area (Å²) in [5.74, 6) is 1.05. The van der Waals surface area contributed by atoms with E-state index in [4.69, 9.17) is 9.47 Å².